The third-order valence-corrected chi connectivity index (χ3v) is 8.19. The van der Waals surface area contributed by atoms with Gasteiger partial charge in [-0.25, -0.2) is 4.98 Å². The van der Waals surface area contributed by atoms with Gasteiger partial charge in [0.25, 0.3) is 0 Å². The van der Waals surface area contributed by atoms with E-state index in [4.69, 9.17) is 21.1 Å². The van der Waals surface area contributed by atoms with Crippen LogP contribution in [0, 0.1) is 0 Å². The van der Waals surface area contributed by atoms with Crippen molar-refractivity contribution in [2.75, 3.05) is 25.2 Å². The average Bonchev–Trinajstić information content (AvgIpc) is 3.30. The summed E-state index contributed by atoms with van der Waals surface area (Å²) in [5, 5.41) is 4.49. The zero-order valence-corrected chi connectivity index (χ0v) is 20.9. The number of fused-ring (bicyclic) bond motifs is 1. The summed E-state index contributed by atoms with van der Waals surface area (Å²) in [4.78, 5) is 21.4. The smallest absolute Gasteiger partial charge is 0.236 e. The Morgan fingerprint density at radius 1 is 1.18 bits per heavy atom. The second kappa shape index (κ2) is 9.56. The molecule has 0 saturated heterocycles. The number of ether oxygens (including phenoxy) is 2. The normalized spacial score (nSPS) is 16.5. The quantitative estimate of drug-likeness (QED) is 0.403. The Kier molecular flexibility index (Phi) is 6.51. The topological polar surface area (TPSA) is 63.7 Å². The summed E-state index contributed by atoms with van der Waals surface area (Å²) in [6.07, 6.45) is 4.30. The molecule has 1 aliphatic carbocycles. The predicted octanol–water partition coefficient (Wildman–Crippen LogP) is 5.82. The standard InChI is InChI=1S/C26H28ClN3O3S/c1-3-30(4-2)20(13-17-7-5-6-8-19(17)27)23-15-28-25(34-23)29-24(31)26(11-12-26)18-9-10-21-22(14-18)33-16-32-21/h5-10,14-15,20H,3-4,11-13,16H2,1-2H3,(H,28,29,31). The average molecular weight is 498 g/mol. The van der Waals surface area contributed by atoms with E-state index >= 15 is 0 Å². The summed E-state index contributed by atoms with van der Waals surface area (Å²) in [6, 6.07) is 13.9. The molecule has 0 bridgehead atoms. The van der Waals surface area contributed by atoms with Crippen LogP contribution in [-0.4, -0.2) is 35.7 Å². The number of likely N-dealkylation sites (N-methyl/N-ethyl adjacent to an activating group) is 1. The second-order valence-corrected chi connectivity index (χ2v) is 10.2. The maximum Gasteiger partial charge on any atom is 0.236 e. The molecule has 2 aromatic carbocycles. The molecule has 1 fully saturated rings. The summed E-state index contributed by atoms with van der Waals surface area (Å²) in [5.41, 5.74) is 1.55. The number of carbonyl (C=O) groups excluding carboxylic acids is 1. The van der Waals surface area contributed by atoms with Crippen LogP contribution >= 0.6 is 22.9 Å². The lowest BCUT2D eigenvalue weighted by Crippen LogP contribution is -2.29. The van der Waals surface area contributed by atoms with Crippen LogP contribution in [0.25, 0.3) is 0 Å². The second-order valence-electron chi connectivity index (χ2n) is 8.70. The van der Waals surface area contributed by atoms with E-state index in [1.54, 1.807) is 11.3 Å². The van der Waals surface area contributed by atoms with Gasteiger partial charge < -0.3 is 14.8 Å². The lowest BCUT2D eigenvalue weighted by atomic mass is 9.94. The Morgan fingerprint density at radius 3 is 2.68 bits per heavy atom. The minimum Gasteiger partial charge on any atom is -0.454 e. The van der Waals surface area contributed by atoms with Gasteiger partial charge in [-0.3, -0.25) is 9.69 Å². The van der Waals surface area contributed by atoms with Crippen LogP contribution in [0.1, 0.15) is 48.7 Å². The number of nitrogens with zero attached hydrogens (tertiary/aromatic N) is 2. The van der Waals surface area contributed by atoms with Gasteiger partial charge in [0.1, 0.15) is 0 Å². The van der Waals surface area contributed by atoms with Crippen molar-refractivity contribution >= 4 is 34.0 Å². The first-order chi connectivity index (χ1) is 16.5. The van der Waals surface area contributed by atoms with E-state index in [2.05, 4.69) is 35.1 Å². The Balaban J connectivity index is 1.34. The maximum atomic E-state index is 13.3. The van der Waals surface area contributed by atoms with Crippen LogP contribution in [0.5, 0.6) is 11.5 Å². The Labute approximate surface area is 208 Å². The molecule has 1 atom stereocenters. The summed E-state index contributed by atoms with van der Waals surface area (Å²) in [5.74, 6) is 1.41. The number of halogens is 1. The molecule has 1 saturated carbocycles. The van der Waals surface area contributed by atoms with Crippen molar-refractivity contribution in [3.63, 3.8) is 0 Å². The highest BCUT2D eigenvalue weighted by Crippen LogP contribution is 2.51. The molecular formula is C26H28ClN3O3S. The van der Waals surface area contributed by atoms with Crippen molar-refractivity contribution < 1.29 is 14.3 Å². The first kappa shape index (κ1) is 23.1. The largest absolute Gasteiger partial charge is 0.454 e. The highest BCUT2D eigenvalue weighted by molar-refractivity contribution is 7.15. The molecular weight excluding hydrogens is 470 g/mol. The van der Waals surface area contributed by atoms with Crippen LogP contribution in [0.15, 0.2) is 48.7 Å². The molecule has 1 aliphatic heterocycles. The van der Waals surface area contributed by atoms with Gasteiger partial charge in [0.2, 0.25) is 12.7 Å². The molecule has 3 aromatic rings. The lowest BCUT2D eigenvalue weighted by Gasteiger charge is -2.29. The van der Waals surface area contributed by atoms with E-state index in [-0.39, 0.29) is 18.7 Å². The van der Waals surface area contributed by atoms with Gasteiger partial charge in [0.15, 0.2) is 16.6 Å². The monoisotopic (exact) mass is 497 g/mol. The Morgan fingerprint density at radius 2 is 1.94 bits per heavy atom. The molecule has 0 radical (unpaired) electrons. The number of rotatable bonds is 9. The number of aromatic nitrogens is 1. The van der Waals surface area contributed by atoms with E-state index in [0.29, 0.717) is 10.9 Å². The van der Waals surface area contributed by atoms with Crippen LogP contribution in [-0.2, 0) is 16.6 Å². The van der Waals surface area contributed by atoms with Crippen LogP contribution in [0.3, 0.4) is 0 Å². The van der Waals surface area contributed by atoms with Crippen LogP contribution < -0.4 is 14.8 Å². The number of benzene rings is 2. The van der Waals surface area contributed by atoms with E-state index in [0.717, 1.165) is 59.1 Å². The number of anilines is 1. The van der Waals surface area contributed by atoms with Crippen molar-refractivity contribution in [3.8, 4) is 11.5 Å². The van der Waals surface area contributed by atoms with E-state index in [9.17, 15) is 4.79 Å². The van der Waals surface area contributed by atoms with E-state index in [1.165, 1.54) is 0 Å². The van der Waals surface area contributed by atoms with Crippen LogP contribution in [0.2, 0.25) is 5.02 Å². The molecule has 2 heterocycles. The van der Waals surface area contributed by atoms with E-state index < -0.39 is 5.41 Å². The highest BCUT2D eigenvalue weighted by atomic mass is 35.5. The number of amides is 1. The Hall–Kier alpha value is -2.61. The molecule has 1 unspecified atom stereocenters. The van der Waals surface area contributed by atoms with Gasteiger partial charge >= 0.3 is 0 Å². The van der Waals surface area contributed by atoms with Crippen molar-refractivity contribution in [1.29, 1.82) is 0 Å². The zero-order valence-electron chi connectivity index (χ0n) is 19.3. The highest BCUT2D eigenvalue weighted by Gasteiger charge is 2.52. The maximum absolute atomic E-state index is 13.3. The molecule has 34 heavy (non-hydrogen) atoms. The number of thiazole rings is 1. The first-order valence-corrected chi connectivity index (χ1v) is 12.9. The van der Waals surface area contributed by atoms with Crippen molar-refractivity contribution in [2.24, 2.45) is 0 Å². The third-order valence-electron chi connectivity index (χ3n) is 6.81. The number of hydrogen-bond donors (Lipinski definition) is 1. The Bertz CT molecular complexity index is 1190. The summed E-state index contributed by atoms with van der Waals surface area (Å²) in [7, 11) is 0. The van der Waals surface area contributed by atoms with E-state index in [1.807, 2.05) is 42.6 Å². The summed E-state index contributed by atoms with van der Waals surface area (Å²) < 4.78 is 10.9. The molecule has 1 N–H and O–H groups in total. The SMILES string of the molecule is CCN(CC)C(Cc1ccccc1Cl)c1cnc(NC(=O)C2(c3ccc4c(c3)OCO4)CC2)s1. The zero-order chi connectivity index (χ0) is 23.7. The van der Waals surface area contributed by atoms with Gasteiger partial charge in [0.05, 0.1) is 5.41 Å². The summed E-state index contributed by atoms with van der Waals surface area (Å²) >= 11 is 8.01. The number of carbonyl (C=O) groups is 1. The molecule has 1 aromatic heterocycles. The number of hydrogen-bond acceptors (Lipinski definition) is 6. The van der Waals surface area contributed by atoms with Gasteiger partial charge in [0, 0.05) is 22.1 Å². The number of nitrogens with one attached hydrogen (secondary N) is 1. The molecule has 1 amide bonds. The van der Waals surface area contributed by atoms with Gasteiger partial charge in [-0.2, -0.15) is 0 Å². The molecule has 0 spiro atoms. The molecule has 178 valence electrons. The first-order valence-electron chi connectivity index (χ1n) is 11.7. The van der Waals surface area contributed by atoms with Crippen molar-refractivity contribution in [1.82, 2.24) is 9.88 Å². The van der Waals surface area contributed by atoms with Gasteiger partial charge in [-0.1, -0.05) is 49.7 Å². The molecule has 2 aliphatic rings. The fourth-order valence-corrected chi connectivity index (χ4v) is 5.79. The fraction of sp³-hybridized carbons (Fsp3) is 0.385. The molecule has 5 rings (SSSR count). The minimum absolute atomic E-state index is 0.0160. The summed E-state index contributed by atoms with van der Waals surface area (Å²) in [6.45, 7) is 6.38. The van der Waals surface area contributed by atoms with Gasteiger partial charge in [-0.15, -0.1) is 11.3 Å². The third kappa shape index (κ3) is 4.40. The van der Waals surface area contributed by atoms with Crippen molar-refractivity contribution in [3.05, 3.63) is 69.7 Å². The minimum atomic E-state index is -0.525. The molecule has 6 nitrogen and oxygen atoms in total. The van der Waals surface area contributed by atoms with Crippen molar-refractivity contribution in [2.45, 2.75) is 44.6 Å². The van der Waals surface area contributed by atoms with Gasteiger partial charge in [-0.05, 0) is 61.7 Å². The van der Waals surface area contributed by atoms with Crippen LogP contribution in [0.4, 0.5) is 5.13 Å². The fourth-order valence-electron chi connectivity index (χ4n) is 4.63. The lowest BCUT2D eigenvalue weighted by molar-refractivity contribution is -0.118. The molecule has 8 heteroatoms. The predicted molar refractivity (Wildman–Crippen MR) is 135 cm³/mol.